The highest BCUT2D eigenvalue weighted by Crippen LogP contribution is 2.41. The summed E-state index contributed by atoms with van der Waals surface area (Å²) in [6.45, 7) is 0. The first-order valence-electron chi connectivity index (χ1n) is 8.21. The molecule has 1 aliphatic rings. The van der Waals surface area contributed by atoms with Crippen LogP contribution in [0.4, 0.5) is 17.3 Å². The van der Waals surface area contributed by atoms with Gasteiger partial charge in [0.15, 0.2) is 6.19 Å². The SMILES string of the molecule is N#CNC1=NC(c2ccccc2-n2cccn2)c2c(nc(N)c(C#N)c2N)N1. The second-order valence-electron chi connectivity index (χ2n) is 5.91. The van der Waals surface area contributed by atoms with Gasteiger partial charge < -0.3 is 16.8 Å². The Labute approximate surface area is 159 Å². The van der Waals surface area contributed by atoms with Crippen molar-refractivity contribution in [2.75, 3.05) is 16.8 Å². The van der Waals surface area contributed by atoms with Crippen LogP contribution in [0.5, 0.6) is 0 Å². The molecule has 0 amide bonds. The van der Waals surface area contributed by atoms with Gasteiger partial charge in [0, 0.05) is 23.5 Å². The Morgan fingerprint density at radius 3 is 2.71 bits per heavy atom. The molecule has 28 heavy (non-hydrogen) atoms. The molecule has 1 aromatic carbocycles. The predicted molar refractivity (Wildman–Crippen MR) is 103 cm³/mol. The molecule has 2 aromatic heterocycles. The molecule has 1 aliphatic heterocycles. The molecule has 4 rings (SSSR count). The smallest absolute Gasteiger partial charge is 0.211 e. The second-order valence-corrected chi connectivity index (χ2v) is 5.91. The van der Waals surface area contributed by atoms with E-state index in [1.54, 1.807) is 10.9 Å². The number of hydrogen-bond donors (Lipinski definition) is 4. The Hall–Kier alpha value is -4.57. The van der Waals surface area contributed by atoms with E-state index in [1.807, 2.05) is 48.8 Å². The Balaban J connectivity index is 1.98. The zero-order valence-electron chi connectivity index (χ0n) is 14.5. The molecule has 0 saturated carbocycles. The van der Waals surface area contributed by atoms with Gasteiger partial charge in [-0.15, -0.1) is 0 Å². The van der Waals surface area contributed by atoms with Gasteiger partial charge in [0.1, 0.15) is 29.3 Å². The van der Waals surface area contributed by atoms with Gasteiger partial charge in [-0.1, -0.05) is 18.2 Å². The Bertz CT molecular complexity index is 1160. The van der Waals surface area contributed by atoms with Crippen LogP contribution in [0.2, 0.25) is 0 Å². The van der Waals surface area contributed by atoms with Crippen LogP contribution in [0.25, 0.3) is 5.69 Å². The molecular formula is C18H14N10. The van der Waals surface area contributed by atoms with Crippen molar-refractivity contribution in [3.63, 3.8) is 0 Å². The topological polar surface area (TPSA) is 167 Å². The number of hydrogen-bond acceptors (Lipinski definition) is 9. The maximum absolute atomic E-state index is 9.42. The van der Waals surface area contributed by atoms with Crippen LogP contribution in [-0.4, -0.2) is 20.7 Å². The average Bonchev–Trinajstić information content (AvgIpc) is 3.22. The lowest BCUT2D eigenvalue weighted by molar-refractivity contribution is 0.802. The lowest BCUT2D eigenvalue weighted by atomic mass is 9.94. The maximum atomic E-state index is 9.42. The van der Waals surface area contributed by atoms with Crippen molar-refractivity contribution in [2.24, 2.45) is 4.99 Å². The highest BCUT2D eigenvalue weighted by atomic mass is 15.3. The van der Waals surface area contributed by atoms with Gasteiger partial charge in [0.25, 0.3) is 0 Å². The van der Waals surface area contributed by atoms with Gasteiger partial charge in [0.05, 0.1) is 11.4 Å². The summed E-state index contributed by atoms with van der Waals surface area (Å²) in [5.41, 5.74) is 14.5. The van der Waals surface area contributed by atoms with Gasteiger partial charge in [-0.05, 0) is 12.1 Å². The van der Waals surface area contributed by atoms with Gasteiger partial charge in [-0.3, -0.25) is 5.32 Å². The summed E-state index contributed by atoms with van der Waals surface area (Å²) < 4.78 is 1.70. The summed E-state index contributed by atoms with van der Waals surface area (Å²) in [6.07, 6.45) is 5.31. The van der Waals surface area contributed by atoms with Crippen LogP contribution in [0.15, 0.2) is 47.7 Å². The third-order valence-corrected chi connectivity index (χ3v) is 4.34. The molecular weight excluding hydrogens is 356 g/mol. The Kier molecular flexibility index (Phi) is 3.99. The molecule has 0 radical (unpaired) electrons. The number of pyridine rings is 1. The summed E-state index contributed by atoms with van der Waals surface area (Å²) in [7, 11) is 0. The highest BCUT2D eigenvalue weighted by molar-refractivity contribution is 5.98. The lowest BCUT2D eigenvalue weighted by Crippen LogP contribution is -2.33. The maximum Gasteiger partial charge on any atom is 0.211 e. The Morgan fingerprint density at radius 2 is 2.00 bits per heavy atom. The molecule has 10 nitrogen and oxygen atoms in total. The quantitative estimate of drug-likeness (QED) is 0.386. The van der Waals surface area contributed by atoms with Crippen LogP contribution in [0.1, 0.15) is 22.7 Å². The monoisotopic (exact) mass is 370 g/mol. The minimum atomic E-state index is -0.632. The third-order valence-electron chi connectivity index (χ3n) is 4.34. The van der Waals surface area contributed by atoms with E-state index in [2.05, 4.69) is 25.7 Å². The van der Waals surface area contributed by atoms with E-state index in [0.29, 0.717) is 11.4 Å². The normalized spacial score (nSPS) is 14.8. The largest absolute Gasteiger partial charge is 0.397 e. The van der Waals surface area contributed by atoms with Crippen LogP contribution < -0.4 is 22.1 Å². The van der Waals surface area contributed by atoms with Gasteiger partial charge in [-0.2, -0.15) is 15.6 Å². The predicted octanol–water partition coefficient (Wildman–Crippen LogP) is 1.24. The molecule has 0 bridgehead atoms. The summed E-state index contributed by atoms with van der Waals surface area (Å²) in [5.74, 6) is 0.539. The van der Waals surface area contributed by atoms with Crippen molar-refractivity contribution in [1.82, 2.24) is 20.1 Å². The first kappa shape index (κ1) is 16.9. The minimum absolute atomic E-state index is 0.00330. The molecule has 10 heteroatoms. The van der Waals surface area contributed by atoms with Crippen LogP contribution in [0.3, 0.4) is 0 Å². The van der Waals surface area contributed by atoms with E-state index in [0.717, 1.165) is 11.3 Å². The fourth-order valence-corrected chi connectivity index (χ4v) is 3.14. The fourth-order valence-electron chi connectivity index (χ4n) is 3.14. The molecule has 3 aromatic rings. The van der Waals surface area contributed by atoms with Crippen molar-refractivity contribution >= 4 is 23.3 Å². The molecule has 0 fully saturated rings. The standard InChI is InChI=1S/C18H14N10/c19-8-11-14(21)13-15(25-18(23-9-20)27-17(13)26-16(11)22)10-4-1-2-5-12(10)28-7-3-6-24-28/h1-7,15H,(H6,21,22,23,25,26,27). The van der Waals surface area contributed by atoms with Gasteiger partial charge in [0.2, 0.25) is 5.96 Å². The van der Waals surface area contributed by atoms with Crippen molar-refractivity contribution in [3.05, 3.63) is 59.4 Å². The molecule has 0 saturated heterocycles. The third kappa shape index (κ3) is 2.62. The molecule has 3 heterocycles. The van der Waals surface area contributed by atoms with Crippen molar-refractivity contribution in [1.29, 1.82) is 10.5 Å². The number of nitrogens with one attached hydrogen (secondary N) is 2. The van der Waals surface area contributed by atoms with E-state index in [1.165, 1.54) is 0 Å². The van der Waals surface area contributed by atoms with E-state index < -0.39 is 6.04 Å². The lowest BCUT2D eigenvalue weighted by Gasteiger charge is -2.27. The summed E-state index contributed by atoms with van der Waals surface area (Å²) in [5, 5.41) is 28.1. The number of aliphatic imine (C=N–C) groups is 1. The first-order valence-corrected chi connectivity index (χ1v) is 8.21. The van der Waals surface area contributed by atoms with Crippen LogP contribution >= 0.6 is 0 Å². The number of para-hydroxylation sites is 1. The summed E-state index contributed by atoms with van der Waals surface area (Å²) in [6, 6.07) is 10.7. The fraction of sp³-hybridized carbons (Fsp3) is 0.0556. The number of nitriles is 2. The van der Waals surface area contributed by atoms with E-state index in [-0.39, 0.29) is 23.0 Å². The molecule has 0 spiro atoms. The first-order chi connectivity index (χ1) is 13.6. The van der Waals surface area contributed by atoms with E-state index in [4.69, 9.17) is 16.7 Å². The van der Waals surface area contributed by atoms with Gasteiger partial charge in [-0.25, -0.2) is 14.7 Å². The second kappa shape index (κ2) is 6.63. The van der Waals surface area contributed by atoms with Crippen molar-refractivity contribution < 1.29 is 0 Å². The average molecular weight is 370 g/mol. The van der Waals surface area contributed by atoms with E-state index in [9.17, 15) is 5.26 Å². The highest BCUT2D eigenvalue weighted by Gasteiger charge is 2.31. The van der Waals surface area contributed by atoms with Crippen LogP contribution in [-0.2, 0) is 0 Å². The number of anilines is 3. The number of guanidine groups is 1. The number of rotatable bonds is 2. The number of benzene rings is 1. The molecule has 136 valence electrons. The van der Waals surface area contributed by atoms with Crippen molar-refractivity contribution in [3.8, 4) is 17.9 Å². The number of nitrogens with zero attached hydrogens (tertiary/aromatic N) is 6. The number of aromatic nitrogens is 3. The van der Waals surface area contributed by atoms with Crippen molar-refractivity contribution in [2.45, 2.75) is 6.04 Å². The summed E-state index contributed by atoms with van der Waals surface area (Å²) >= 11 is 0. The van der Waals surface area contributed by atoms with Crippen LogP contribution in [0, 0.1) is 22.8 Å². The minimum Gasteiger partial charge on any atom is -0.397 e. The van der Waals surface area contributed by atoms with Gasteiger partial charge >= 0.3 is 0 Å². The zero-order chi connectivity index (χ0) is 19.7. The van der Waals surface area contributed by atoms with E-state index >= 15 is 0 Å². The number of nitrogen functional groups attached to an aromatic ring is 2. The number of fused-ring (bicyclic) bond motifs is 1. The molecule has 1 atom stereocenters. The number of nitrogens with two attached hydrogens (primary N) is 2. The molecule has 1 unspecified atom stereocenters. The molecule has 6 N–H and O–H groups in total. The Morgan fingerprint density at radius 1 is 1.18 bits per heavy atom. The summed E-state index contributed by atoms with van der Waals surface area (Å²) in [4.78, 5) is 8.84. The molecule has 0 aliphatic carbocycles. The zero-order valence-corrected chi connectivity index (χ0v) is 14.5.